The second-order valence-corrected chi connectivity index (χ2v) is 10.7. The van der Waals surface area contributed by atoms with Crippen LogP contribution in [0.15, 0.2) is 29.5 Å². The monoisotopic (exact) mass is 423 g/mol. The Balaban J connectivity index is 2.72. The van der Waals surface area contributed by atoms with Gasteiger partial charge in [0.15, 0.2) is 0 Å². The van der Waals surface area contributed by atoms with E-state index < -0.39 is 26.8 Å². The second kappa shape index (κ2) is 9.39. The van der Waals surface area contributed by atoms with E-state index in [2.05, 4.69) is 22.5 Å². The molecule has 0 radical (unpaired) electrons. The third-order valence-electron chi connectivity index (χ3n) is 3.88. The minimum absolute atomic E-state index is 0.474. The average molecular weight is 423 g/mol. The molecule has 0 aromatic carbocycles. The van der Waals surface area contributed by atoms with Crippen LogP contribution >= 0.6 is 15.2 Å². The molecule has 12 heteroatoms. The zero-order valence-electron chi connectivity index (χ0n) is 15.6. The van der Waals surface area contributed by atoms with E-state index in [4.69, 9.17) is 19.6 Å². The Kier molecular flexibility index (Phi) is 8.31. The van der Waals surface area contributed by atoms with Crippen LogP contribution in [0.2, 0.25) is 0 Å². The van der Waals surface area contributed by atoms with Gasteiger partial charge in [0.05, 0.1) is 12.2 Å². The fourth-order valence-corrected chi connectivity index (χ4v) is 4.27. The molecule has 0 aliphatic carbocycles. The van der Waals surface area contributed by atoms with E-state index in [9.17, 15) is 14.2 Å². The van der Waals surface area contributed by atoms with Gasteiger partial charge in [-0.1, -0.05) is 28.5 Å². The highest BCUT2D eigenvalue weighted by atomic mass is 31.2. The molecule has 0 amide bonds. The lowest BCUT2D eigenvalue weighted by molar-refractivity contribution is 0.111. The van der Waals surface area contributed by atoms with Gasteiger partial charge in [-0.15, -0.1) is 5.10 Å². The van der Waals surface area contributed by atoms with Crippen molar-refractivity contribution in [2.24, 2.45) is 0 Å². The molecule has 0 atom stereocenters. The Morgan fingerprint density at radius 2 is 1.70 bits per heavy atom. The molecule has 0 fully saturated rings. The summed E-state index contributed by atoms with van der Waals surface area (Å²) in [6, 6.07) is 0. The largest absolute Gasteiger partial charge is 0.371 e. The fourth-order valence-electron chi connectivity index (χ4n) is 2.26. The van der Waals surface area contributed by atoms with Crippen molar-refractivity contribution >= 4 is 15.2 Å². The smallest absolute Gasteiger partial charge is 0.366 e. The summed E-state index contributed by atoms with van der Waals surface area (Å²) in [6.45, 7) is 5.03. The van der Waals surface area contributed by atoms with Crippen molar-refractivity contribution in [3.63, 3.8) is 0 Å². The van der Waals surface area contributed by atoms with Crippen molar-refractivity contribution in [2.45, 2.75) is 58.1 Å². The Bertz CT molecular complexity index is 765. The molecule has 10 nitrogen and oxygen atoms in total. The minimum Gasteiger partial charge on any atom is -0.366 e. The minimum atomic E-state index is -5.53. The van der Waals surface area contributed by atoms with Crippen LogP contribution in [0.3, 0.4) is 0 Å². The van der Waals surface area contributed by atoms with Crippen LogP contribution < -0.4 is 0 Å². The van der Waals surface area contributed by atoms with Crippen LogP contribution in [0, 0.1) is 0 Å². The molecule has 0 aliphatic heterocycles. The van der Waals surface area contributed by atoms with Gasteiger partial charge in [-0.3, -0.25) is 9.13 Å². The van der Waals surface area contributed by atoms with Crippen LogP contribution in [0.4, 0.5) is 0 Å². The lowest BCUT2D eigenvalue weighted by atomic mass is 10.1. The molecule has 5 N–H and O–H groups in total. The van der Waals surface area contributed by atoms with Crippen LogP contribution in [0.25, 0.3) is 0 Å². The number of allylic oxidation sites excluding steroid dienone is 4. The van der Waals surface area contributed by atoms with Crippen LogP contribution in [0.1, 0.15) is 45.7 Å². The number of aromatic nitrogens is 3. The Morgan fingerprint density at radius 3 is 2.22 bits per heavy atom. The lowest BCUT2D eigenvalue weighted by Gasteiger charge is -2.28. The van der Waals surface area contributed by atoms with Gasteiger partial charge in [-0.2, -0.15) is 0 Å². The third-order valence-corrected chi connectivity index (χ3v) is 7.59. The highest BCUT2D eigenvalue weighted by Gasteiger charge is 2.60. The molecule has 0 aliphatic rings. The zero-order valence-corrected chi connectivity index (χ0v) is 17.3. The molecule has 0 unspecified atom stereocenters. The molecule has 1 aromatic rings. The summed E-state index contributed by atoms with van der Waals surface area (Å²) in [4.78, 5) is 36.6. The van der Waals surface area contributed by atoms with Crippen molar-refractivity contribution in [2.75, 3.05) is 0 Å². The number of hydrogen-bond donors (Lipinski definition) is 5. The highest BCUT2D eigenvalue weighted by Crippen LogP contribution is 2.67. The van der Waals surface area contributed by atoms with Crippen LogP contribution in [-0.2, 0) is 22.1 Å². The Labute approximate surface area is 157 Å². The molecular weight excluding hydrogens is 396 g/mol. The third kappa shape index (κ3) is 7.08. The van der Waals surface area contributed by atoms with E-state index in [1.807, 2.05) is 20.8 Å². The van der Waals surface area contributed by atoms with Crippen molar-refractivity contribution in [3.05, 3.63) is 35.2 Å². The summed E-state index contributed by atoms with van der Waals surface area (Å²) in [5.41, 5.74) is 2.96. The van der Waals surface area contributed by atoms with Crippen molar-refractivity contribution < 1.29 is 33.8 Å². The molecular formula is C15H27N3O7P2. The second-order valence-electron chi connectivity index (χ2n) is 6.68. The van der Waals surface area contributed by atoms with Crippen LogP contribution in [-0.4, -0.2) is 44.8 Å². The molecule has 27 heavy (non-hydrogen) atoms. The lowest BCUT2D eigenvalue weighted by Crippen LogP contribution is -2.34. The van der Waals surface area contributed by atoms with E-state index in [0.29, 0.717) is 18.5 Å². The molecule has 0 saturated carbocycles. The molecule has 1 aromatic heterocycles. The molecule has 0 bridgehead atoms. The summed E-state index contributed by atoms with van der Waals surface area (Å²) in [5.74, 6) is 0. The predicted molar refractivity (Wildman–Crippen MR) is 99.8 cm³/mol. The van der Waals surface area contributed by atoms with Gasteiger partial charge in [-0.05, 0) is 46.5 Å². The fraction of sp³-hybridized carbons (Fsp3) is 0.600. The molecule has 1 rings (SSSR count). The number of nitrogens with zero attached hydrogens (tertiary/aromatic N) is 3. The molecule has 0 saturated heterocycles. The summed E-state index contributed by atoms with van der Waals surface area (Å²) in [5, 5.41) is 13.7. The number of hydrogen-bond acceptors (Lipinski definition) is 5. The first kappa shape index (κ1) is 23.9. The summed E-state index contributed by atoms with van der Waals surface area (Å²) < 4.78 is 23.5. The van der Waals surface area contributed by atoms with E-state index in [-0.39, 0.29) is 0 Å². The normalized spacial score (nSPS) is 13.7. The molecule has 0 spiro atoms. The van der Waals surface area contributed by atoms with Crippen molar-refractivity contribution in [1.29, 1.82) is 0 Å². The summed E-state index contributed by atoms with van der Waals surface area (Å²) >= 11 is 0. The maximum Gasteiger partial charge on any atom is 0.371 e. The first-order valence-corrected chi connectivity index (χ1v) is 11.5. The zero-order chi connectivity index (χ0) is 20.9. The van der Waals surface area contributed by atoms with Gasteiger partial charge in [0, 0.05) is 6.20 Å². The quantitative estimate of drug-likeness (QED) is 0.279. The Hall–Kier alpha value is -1.12. The van der Waals surface area contributed by atoms with Gasteiger partial charge in [0.1, 0.15) is 0 Å². The average Bonchev–Trinajstić information content (AvgIpc) is 2.91. The topological polar surface area (TPSA) is 166 Å². The number of aliphatic hydroxyl groups is 1. The van der Waals surface area contributed by atoms with Gasteiger partial charge in [-0.25, -0.2) is 4.68 Å². The first-order chi connectivity index (χ1) is 12.3. The van der Waals surface area contributed by atoms with Gasteiger partial charge in [0.2, 0.25) is 0 Å². The van der Waals surface area contributed by atoms with Gasteiger partial charge in [0.25, 0.3) is 5.08 Å². The summed E-state index contributed by atoms with van der Waals surface area (Å²) in [7, 11) is -11.1. The van der Waals surface area contributed by atoms with E-state index in [1.54, 1.807) is 0 Å². The Morgan fingerprint density at radius 1 is 1.11 bits per heavy atom. The van der Waals surface area contributed by atoms with Crippen molar-refractivity contribution in [3.8, 4) is 0 Å². The highest BCUT2D eigenvalue weighted by molar-refractivity contribution is 7.72. The van der Waals surface area contributed by atoms with Crippen LogP contribution in [0.5, 0.6) is 0 Å². The van der Waals surface area contributed by atoms with Gasteiger partial charge >= 0.3 is 15.2 Å². The number of aryl methyl sites for hydroxylation is 1. The standard InChI is InChI=1S/C15H27N3O7P2/c1-12(2)6-4-7-13(3)8-5-9-14-10-18(17-16-14)11-15(19,26(20,21)22)27(23,24)25/h6,8,10,19H,4-5,7,9,11H2,1-3H3,(H2,20,21,22)(H2,23,24,25)/b13-8-. The van der Waals surface area contributed by atoms with E-state index in [0.717, 1.165) is 17.5 Å². The maximum absolute atomic E-state index is 11.4. The van der Waals surface area contributed by atoms with E-state index >= 15 is 0 Å². The predicted octanol–water partition coefficient (Wildman–Crippen LogP) is 1.90. The maximum atomic E-state index is 11.4. The first-order valence-electron chi connectivity index (χ1n) is 8.28. The number of rotatable bonds is 10. The SMILES string of the molecule is CC(C)=CCC/C(C)=C\CCc1cn(CC(O)(P(=O)(O)O)P(=O)(O)O)nn1. The van der Waals surface area contributed by atoms with Crippen molar-refractivity contribution in [1.82, 2.24) is 15.0 Å². The van der Waals surface area contributed by atoms with Gasteiger partial charge < -0.3 is 24.7 Å². The summed E-state index contributed by atoms with van der Waals surface area (Å²) in [6.07, 6.45) is 8.57. The van der Waals surface area contributed by atoms with E-state index in [1.165, 1.54) is 17.3 Å². The molecule has 1 heterocycles. The molecule has 154 valence electrons.